The highest BCUT2D eigenvalue weighted by Crippen LogP contribution is 2.37. The lowest BCUT2D eigenvalue weighted by Gasteiger charge is -2.27. The van der Waals surface area contributed by atoms with Crippen LogP contribution < -0.4 is 0 Å². The quantitative estimate of drug-likeness (QED) is 0.477. The molecular weight excluding hydrogens is 416 g/mol. The summed E-state index contributed by atoms with van der Waals surface area (Å²) in [5, 5.41) is 15.1. The van der Waals surface area contributed by atoms with E-state index < -0.39 is 0 Å². The van der Waals surface area contributed by atoms with E-state index in [0.29, 0.717) is 60.4 Å². The molecule has 0 spiro atoms. The molecule has 1 heterocycles. The Balaban J connectivity index is 1.57. The number of hydrogen-bond donors (Lipinski definition) is 1. The first-order valence-corrected chi connectivity index (χ1v) is 11.7. The van der Waals surface area contributed by atoms with Crippen molar-refractivity contribution in [2.24, 2.45) is 10.4 Å². The highest BCUT2D eigenvalue weighted by molar-refractivity contribution is 6.24. The smallest absolute Gasteiger partial charge is 0.168 e. The average molecular weight is 449 g/mol. The Hall–Kier alpha value is -3.02. The van der Waals surface area contributed by atoms with Crippen molar-refractivity contribution in [3.8, 4) is 0 Å². The Bertz CT molecular complexity index is 1120. The molecule has 1 atom stereocenters. The van der Waals surface area contributed by atoms with Gasteiger partial charge in [0.15, 0.2) is 11.6 Å². The SMILES string of the molecule is CC(C)N=C1CC(c2ccccc2)CC(=O)C1=C(O)CCc1noc2c1C(=O)CC(C)(C)C2. The van der Waals surface area contributed by atoms with E-state index in [2.05, 4.69) is 5.16 Å². The van der Waals surface area contributed by atoms with E-state index in [-0.39, 0.29) is 41.1 Å². The standard InChI is InChI=1S/C27H32N2O4/c1-16(2)28-20-12-18(17-8-6-5-7-9-17)13-22(31)25(20)21(30)11-10-19-26-23(32)14-27(3,4)15-24(26)33-29-19/h5-9,16,18,30H,10-15H2,1-4H3. The minimum absolute atomic E-state index is 0.00802. The van der Waals surface area contributed by atoms with Gasteiger partial charge in [-0.1, -0.05) is 49.3 Å². The van der Waals surface area contributed by atoms with E-state index in [1.807, 2.05) is 58.0 Å². The fraction of sp³-hybridized carbons (Fsp3) is 0.481. The van der Waals surface area contributed by atoms with Crippen LogP contribution in [0.4, 0.5) is 0 Å². The van der Waals surface area contributed by atoms with E-state index in [1.165, 1.54) is 0 Å². The molecule has 1 saturated carbocycles. The fourth-order valence-corrected chi connectivity index (χ4v) is 4.96. The van der Waals surface area contributed by atoms with Gasteiger partial charge in [0, 0.05) is 43.9 Å². The minimum atomic E-state index is -0.142. The summed E-state index contributed by atoms with van der Waals surface area (Å²) >= 11 is 0. The van der Waals surface area contributed by atoms with E-state index in [0.717, 1.165) is 5.56 Å². The summed E-state index contributed by atoms with van der Waals surface area (Å²) in [6, 6.07) is 9.99. The molecule has 174 valence electrons. The van der Waals surface area contributed by atoms with Crippen molar-refractivity contribution in [3.05, 3.63) is 64.2 Å². The van der Waals surface area contributed by atoms with Gasteiger partial charge in [-0.2, -0.15) is 0 Å². The summed E-state index contributed by atoms with van der Waals surface area (Å²) in [4.78, 5) is 30.5. The molecule has 33 heavy (non-hydrogen) atoms. The average Bonchev–Trinajstić information content (AvgIpc) is 3.13. The second-order valence-corrected chi connectivity index (χ2v) is 10.3. The number of carbonyl (C=O) groups excluding carboxylic acids is 2. The van der Waals surface area contributed by atoms with Crippen molar-refractivity contribution in [1.29, 1.82) is 0 Å². The number of aromatic nitrogens is 1. The highest BCUT2D eigenvalue weighted by atomic mass is 16.5. The van der Waals surface area contributed by atoms with Gasteiger partial charge in [-0.3, -0.25) is 14.6 Å². The molecule has 2 aliphatic carbocycles. The molecule has 6 heteroatoms. The predicted octanol–water partition coefficient (Wildman–Crippen LogP) is 5.57. The number of benzene rings is 1. The summed E-state index contributed by atoms with van der Waals surface area (Å²) < 4.78 is 5.47. The first kappa shape index (κ1) is 23.1. The summed E-state index contributed by atoms with van der Waals surface area (Å²) in [5.74, 6) is 0.639. The molecule has 1 unspecified atom stereocenters. The molecule has 1 fully saturated rings. The topological polar surface area (TPSA) is 92.8 Å². The second kappa shape index (κ2) is 9.08. The Morgan fingerprint density at radius 2 is 1.88 bits per heavy atom. The normalized spacial score (nSPS) is 23.2. The van der Waals surface area contributed by atoms with Crippen LogP contribution in [0.3, 0.4) is 0 Å². The molecule has 0 saturated heterocycles. The van der Waals surface area contributed by atoms with Crippen LogP contribution in [0, 0.1) is 5.41 Å². The van der Waals surface area contributed by atoms with Crippen molar-refractivity contribution in [2.45, 2.75) is 78.2 Å². The van der Waals surface area contributed by atoms with Crippen molar-refractivity contribution in [2.75, 3.05) is 0 Å². The number of aryl methyl sites for hydroxylation is 1. The molecule has 1 aromatic heterocycles. The number of nitrogens with zero attached hydrogens (tertiary/aromatic N) is 2. The minimum Gasteiger partial charge on any atom is -0.511 e. The summed E-state index contributed by atoms with van der Waals surface area (Å²) in [6.45, 7) is 8.01. The zero-order valence-electron chi connectivity index (χ0n) is 19.9. The molecule has 4 rings (SSSR count). The van der Waals surface area contributed by atoms with Crippen LogP contribution in [0.5, 0.6) is 0 Å². The van der Waals surface area contributed by atoms with Gasteiger partial charge in [0.25, 0.3) is 0 Å². The van der Waals surface area contributed by atoms with E-state index >= 15 is 0 Å². The number of rotatable bonds is 5. The maximum absolute atomic E-state index is 13.1. The number of Topliss-reactive ketones (excluding diaryl/α,β-unsaturated/α-hetero) is 2. The van der Waals surface area contributed by atoms with Crippen LogP contribution >= 0.6 is 0 Å². The lowest BCUT2D eigenvalue weighted by atomic mass is 9.76. The Morgan fingerprint density at radius 1 is 1.15 bits per heavy atom. The molecule has 6 nitrogen and oxygen atoms in total. The van der Waals surface area contributed by atoms with Gasteiger partial charge in [-0.15, -0.1) is 0 Å². The number of aliphatic hydroxyl groups excluding tert-OH is 1. The number of hydrogen-bond acceptors (Lipinski definition) is 6. The number of aliphatic imine (C=N–C) groups is 1. The summed E-state index contributed by atoms with van der Waals surface area (Å²) in [7, 11) is 0. The van der Waals surface area contributed by atoms with Crippen LogP contribution in [0.25, 0.3) is 0 Å². The summed E-state index contributed by atoms with van der Waals surface area (Å²) in [5.41, 5.74) is 3.08. The number of carbonyl (C=O) groups is 2. The number of aliphatic hydroxyl groups is 1. The number of ketones is 2. The largest absolute Gasteiger partial charge is 0.511 e. The van der Waals surface area contributed by atoms with Crippen LogP contribution in [0.2, 0.25) is 0 Å². The molecule has 0 bridgehead atoms. The van der Waals surface area contributed by atoms with Crippen molar-refractivity contribution in [1.82, 2.24) is 5.16 Å². The van der Waals surface area contributed by atoms with E-state index in [4.69, 9.17) is 9.52 Å². The zero-order chi connectivity index (χ0) is 23.8. The van der Waals surface area contributed by atoms with E-state index in [9.17, 15) is 14.7 Å². The Labute approximate surface area is 194 Å². The van der Waals surface area contributed by atoms with Crippen molar-refractivity contribution >= 4 is 17.3 Å². The molecule has 0 aliphatic heterocycles. The zero-order valence-corrected chi connectivity index (χ0v) is 19.9. The maximum Gasteiger partial charge on any atom is 0.168 e. The van der Waals surface area contributed by atoms with Crippen molar-refractivity contribution in [3.63, 3.8) is 0 Å². The molecule has 0 radical (unpaired) electrons. The van der Waals surface area contributed by atoms with Gasteiger partial charge in [0.2, 0.25) is 0 Å². The number of allylic oxidation sites excluding steroid dienone is 2. The molecular formula is C27H32N2O4. The van der Waals surface area contributed by atoms with Gasteiger partial charge < -0.3 is 9.63 Å². The highest BCUT2D eigenvalue weighted by Gasteiger charge is 2.37. The second-order valence-electron chi connectivity index (χ2n) is 10.3. The maximum atomic E-state index is 13.1. The summed E-state index contributed by atoms with van der Waals surface area (Å²) in [6.07, 6.45) is 2.62. The van der Waals surface area contributed by atoms with Crippen LogP contribution in [-0.4, -0.2) is 33.6 Å². The van der Waals surface area contributed by atoms with Gasteiger partial charge in [-0.05, 0) is 37.2 Å². The van der Waals surface area contributed by atoms with Crippen molar-refractivity contribution < 1.29 is 19.2 Å². The lowest BCUT2D eigenvalue weighted by molar-refractivity contribution is -0.116. The van der Waals surface area contributed by atoms with E-state index in [1.54, 1.807) is 0 Å². The first-order chi connectivity index (χ1) is 15.6. The van der Waals surface area contributed by atoms with Gasteiger partial charge in [-0.25, -0.2) is 0 Å². The van der Waals surface area contributed by atoms with Crippen LogP contribution in [-0.2, 0) is 17.6 Å². The third kappa shape index (κ3) is 5.00. The van der Waals surface area contributed by atoms with Gasteiger partial charge >= 0.3 is 0 Å². The molecule has 0 amide bonds. The van der Waals surface area contributed by atoms with Crippen LogP contribution in [0.1, 0.15) is 86.7 Å². The fourth-order valence-electron chi connectivity index (χ4n) is 4.96. The molecule has 1 N–H and O–H groups in total. The number of fused-ring (bicyclic) bond motifs is 1. The van der Waals surface area contributed by atoms with Gasteiger partial charge in [0.1, 0.15) is 11.5 Å². The molecule has 2 aromatic rings. The molecule has 1 aromatic carbocycles. The van der Waals surface area contributed by atoms with Crippen LogP contribution in [0.15, 0.2) is 51.2 Å². The Morgan fingerprint density at radius 3 is 2.58 bits per heavy atom. The monoisotopic (exact) mass is 448 g/mol. The predicted molar refractivity (Wildman–Crippen MR) is 127 cm³/mol. The van der Waals surface area contributed by atoms with Gasteiger partial charge in [0.05, 0.1) is 16.8 Å². The first-order valence-electron chi connectivity index (χ1n) is 11.7. The third-order valence-corrected chi connectivity index (χ3v) is 6.40. The molecule has 2 aliphatic rings. The third-order valence-electron chi connectivity index (χ3n) is 6.40. The Kier molecular flexibility index (Phi) is 6.37. The lowest BCUT2D eigenvalue weighted by Crippen LogP contribution is -2.28.